The van der Waals surface area contributed by atoms with E-state index in [-0.39, 0.29) is 18.5 Å². The van der Waals surface area contributed by atoms with Crippen molar-refractivity contribution in [2.24, 2.45) is 0 Å². The van der Waals surface area contributed by atoms with Crippen LogP contribution < -0.4 is 10.2 Å². The highest BCUT2D eigenvalue weighted by Crippen LogP contribution is 2.20. The molecule has 1 fully saturated rings. The Morgan fingerprint density at radius 1 is 1.15 bits per heavy atom. The van der Waals surface area contributed by atoms with Crippen LogP contribution in [-0.4, -0.2) is 38.5 Å². The zero-order valence-electron chi connectivity index (χ0n) is 16.6. The van der Waals surface area contributed by atoms with Crippen LogP contribution in [0.25, 0.3) is 0 Å². The van der Waals surface area contributed by atoms with Crippen LogP contribution in [0.3, 0.4) is 0 Å². The van der Waals surface area contributed by atoms with Crippen LogP contribution in [0.2, 0.25) is 0 Å². The van der Waals surface area contributed by atoms with Crippen molar-refractivity contribution in [3.8, 4) is 0 Å². The summed E-state index contributed by atoms with van der Waals surface area (Å²) in [5, 5.41) is 3.04. The Hall–Kier alpha value is -2.44. The number of aryl methyl sites for hydroxylation is 2. The van der Waals surface area contributed by atoms with Gasteiger partial charge in [0, 0.05) is 42.9 Å². The lowest BCUT2D eigenvalue weighted by atomic mass is 10.1. The van der Waals surface area contributed by atoms with E-state index in [9.17, 15) is 4.79 Å². The first-order chi connectivity index (χ1) is 13.0. The van der Waals surface area contributed by atoms with Gasteiger partial charge in [0.15, 0.2) is 0 Å². The fraction of sp³-hybridized carbons (Fsp3) is 0.600. The molecule has 2 aromatic heterocycles. The topological polar surface area (TPSA) is 75.9 Å². The minimum absolute atomic E-state index is 0.0455. The lowest BCUT2D eigenvalue weighted by Crippen LogP contribution is -2.32. The van der Waals surface area contributed by atoms with Crippen LogP contribution in [0.15, 0.2) is 18.6 Å². The van der Waals surface area contributed by atoms with Gasteiger partial charge >= 0.3 is 0 Å². The number of carbonyl (C=O) groups is 1. The van der Waals surface area contributed by atoms with Gasteiger partial charge in [0.25, 0.3) is 0 Å². The molecule has 1 atom stereocenters. The molecule has 7 heteroatoms. The van der Waals surface area contributed by atoms with Crippen molar-refractivity contribution in [2.45, 2.75) is 65.5 Å². The molecule has 0 bridgehead atoms. The third-order valence-corrected chi connectivity index (χ3v) is 5.23. The van der Waals surface area contributed by atoms with Gasteiger partial charge in [-0.25, -0.2) is 15.0 Å². The van der Waals surface area contributed by atoms with Crippen molar-refractivity contribution in [2.75, 3.05) is 18.0 Å². The highest BCUT2D eigenvalue weighted by atomic mass is 16.2. The molecular weight excluding hydrogens is 340 g/mol. The van der Waals surface area contributed by atoms with Crippen molar-refractivity contribution >= 4 is 11.9 Å². The third kappa shape index (κ3) is 5.05. The molecule has 2 aromatic rings. The van der Waals surface area contributed by atoms with Crippen molar-refractivity contribution in [3.05, 3.63) is 35.7 Å². The van der Waals surface area contributed by atoms with Crippen molar-refractivity contribution in [3.63, 3.8) is 0 Å². The van der Waals surface area contributed by atoms with Gasteiger partial charge in [-0.05, 0) is 33.6 Å². The molecule has 1 aliphatic rings. The summed E-state index contributed by atoms with van der Waals surface area (Å²) in [6, 6.07) is -0.136. The van der Waals surface area contributed by atoms with Gasteiger partial charge in [0.1, 0.15) is 12.4 Å². The van der Waals surface area contributed by atoms with E-state index in [0.29, 0.717) is 0 Å². The lowest BCUT2D eigenvalue weighted by Gasteiger charge is -2.25. The number of nitrogens with one attached hydrogen (secondary N) is 1. The van der Waals surface area contributed by atoms with E-state index < -0.39 is 0 Å². The van der Waals surface area contributed by atoms with Gasteiger partial charge in [-0.1, -0.05) is 19.3 Å². The molecule has 3 rings (SSSR count). The second-order valence-corrected chi connectivity index (χ2v) is 7.36. The van der Waals surface area contributed by atoms with Crippen LogP contribution >= 0.6 is 0 Å². The zero-order valence-corrected chi connectivity index (χ0v) is 16.6. The second-order valence-electron chi connectivity index (χ2n) is 7.36. The average molecular weight is 371 g/mol. The number of anilines is 1. The van der Waals surface area contributed by atoms with E-state index in [0.717, 1.165) is 36.1 Å². The molecule has 0 unspecified atom stereocenters. The number of hydrogen-bond acceptors (Lipinski definition) is 5. The highest BCUT2D eigenvalue weighted by Gasteiger charge is 2.17. The molecule has 7 nitrogen and oxygen atoms in total. The minimum atomic E-state index is -0.136. The molecule has 1 N–H and O–H groups in total. The van der Waals surface area contributed by atoms with Crippen molar-refractivity contribution in [1.29, 1.82) is 0 Å². The SMILES string of the molecule is Cc1nc(N2CCCCCCC2)ncc1[C@@H](C)NC(=O)Cn1ccnc1C. The van der Waals surface area contributed by atoms with Crippen LogP contribution in [0.4, 0.5) is 5.95 Å². The van der Waals surface area contributed by atoms with Gasteiger partial charge in [-0.2, -0.15) is 0 Å². The highest BCUT2D eigenvalue weighted by molar-refractivity contribution is 5.76. The molecule has 0 saturated carbocycles. The lowest BCUT2D eigenvalue weighted by molar-refractivity contribution is -0.122. The summed E-state index contributed by atoms with van der Waals surface area (Å²) in [6.07, 6.45) is 11.7. The fourth-order valence-corrected chi connectivity index (χ4v) is 3.58. The molecule has 1 amide bonds. The summed E-state index contributed by atoms with van der Waals surface area (Å²) < 4.78 is 1.83. The maximum atomic E-state index is 12.3. The molecule has 3 heterocycles. The Balaban J connectivity index is 1.63. The molecule has 1 saturated heterocycles. The molecule has 0 aliphatic carbocycles. The summed E-state index contributed by atoms with van der Waals surface area (Å²) in [5.41, 5.74) is 1.88. The first-order valence-corrected chi connectivity index (χ1v) is 9.90. The smallest absolute Gasteiger partial charge is 0.240 e. The normalized spacial score (nSPS) is 16.5. The Morgan fingerprint density at radius 2 is 1.85 bits per heavy atom. The average Bonchev–Trinajstić information content (AvgIpc) is 2.99. The van der Waals surface area contributed by atoms with Gasteiger partial charge in [0.2, 0.25) is 11.9 Å². The number of rotatable bonds is 5. The molecular formula is C20H30N6O. The van der Waals surface area contributed by atoms with Crippen LogP contribution in [-0.2, 0) is 11.3 Å². The van der Waals surface area contributed by atoms with Gasteiger partial charge < -0.3 is 14.8 Å². The fourth-order valence-electron chi connectivity index (χ4n) is 3.58. The van der Waals surface area contributed by atoms with Gasteiger partial charge in [-0.3, -0.25) is 4.79 Å². The first kappa shape index (κ1) is 19.3. The number of carbonyl (C=O) groups excluding carboxylic acids is 1. The maximum absolute atomic E-state index is 12.3. The molecule has 146 valence electrons. The van der Waals surface area contributed by atoms with Crippen LogP contribution in [0.5, 0.6) is 0 Å². The summed E-state index contributed by atoms with van der Waals surface area (Å²) >= 11 is 0. The molecule has 0 spiro atoms. The summed E-state index contributed by atoms with van der Waals surface area (Å²) in [5.74, 6) is 1.59. The molecule has 27 heavy (non-hydrogen) atoms. The number of aromatic nitrogens is 4. The quantitative estimate of drug-likeness (QED) is 0.876. The first-order valence-electron chi connectivity index (χ1n) is 9.90. The maximum Gasteiger partial charge on any atom is 0.240 e. The summed E-state index contributed by atoms with van der Waals surface area (Å²) in [7, 11) is 0. The zero-order chi connectivity index (χ0) is 19.2. The van der Waals surface area contributed by atoms with E-state index >= 15 is 0 Å². The summed E-state index contributed by atoms with van der Waals surface area (Å²) in [4.78, 5) is 28.1. The minimum Gasteiger partial charge on any atom is -0.348 e. The summed E-state index contributed by atoms with van der Waals surface area (Å²) in [6.45, 7) is 8.16. The Labute approximate surface area is 161 Å². The third-order valence-electron chi connectivity index (χ3n) is 5.23. The van der Waals surface area contributed by atoms with E-state index in [1.165, 1.54) is 32.1 Å². The monoisotopic (exact) mass is 370 g/mol. The molecule has 0 radical (unpaired) electrons. The molecule has 0 aromatic carbocycles. The number of amides is 1. The van der Waals surface area contributed by atoms with Gasteiger partial charge in [0.05, 0.1) is 6.04 Å². The second kappa shape index (κ2) is 8.97. The predicted molar refractivity (Wildman–Crippen MR) is 106 cm³/mol. The number of nitrogens with zero attached hydrogens (tertiary/aromatic N) is 5. The van der Waals surface area contributed by atoms with Crippen LogP contribution in [0.1, 0.15) is 62.2 Å². The number of hydrogen-bond donors (Lipinski definition) is 1. The van der Waals surface area contributed by atoms with Crippen molar-refractivity contribution in [1.82, 2.24) is 24.8 Å². The predicted octanol–water partition coefficient (Wildman–Crippen LogP) is 2.94. The standard InChI is InChI=1S/C20H30N6O/c1-15(23-19(27)14-26-12-9-21-17(26)3)18-13-22-20(24-16(18)2)25-10-7-5-4-6-8-11-25/h9,12-13,15H,4-8,10-11,14H2,1-3H3,(H,23,27)/t15-/m1/s1. The Kier molecular flexibility index (Phi) is 6.42. The van der Waals surface area contributed by atoms with E-state index in [4.69, 9.17) is 4.98 Å². The van der Waals surface area contributed by atoms with E-state index in [2.05, 4.69) is 20.2 Å². The number of imidazole rings is 1. The van der Waals surface area contributed by atoms with Crippen molar-refractivity contribution < 1.29 is 4.79 Å². The Bertz CT molecular complexity index is 764. The van der Waals surface area contributed by atoms with Gasteiger partial charge in [-0.15, -0.1) is 0 Å². The largest absolute Gasteiger partial charge is 0.348 e. The molecule has 1 aliphatic heterocycles. The Morgan fingerprint density at radius 3 is 2.48 bits per heavy atom. The van der Waals surface area contributed by atoms with E-state index in [1.54, 1.807) is 6.20 Å². The van der Waals surface area contributed by atoms with Crippen LogP contribution in [0, 0.1) is 13.8 Å². The van der Waals surface area contributed by atoms with E-state index in [1.807, 2.05) is 37.7 Å².